The lowest BCUT2D eigenvalue weighted by atomic mass is 10.4. The van der Waals surface area contributed by atoms with Gasteiger partial charge in [0.15, 0.2) is 5.76 Å². The van der Waals surface area contributed by atoms with Gasteiger partial charge in [-0.15, -0.1) is 22.7 Å². The maximum atomic E-state index is 11.7. The Balaban J connectivity index is 1.63. The van der Waals surface area contributed by atoms with Gasteiger partial charge in [0.2, 0.25) is 0 Å². The number of amides is 1. The smallest absolute Gasteiger partial charge is 0.287 e. The maximum Gasteiger partial charge on any atom is 0.287 e. The zero-order valence-corrected chi connectivity index (χ0v) is 11.5. The second kappa shape index (κ2) is 5.38. The van der Waals surface area contributed by atoms with Crippen LogP contribution in [-0.4, -0.2) is 10.9 Å². The Morgan fingerprint density at radius 1 is 1.32 bits per heavy atom. The molecule has 0 aliphatic heterocycles. The standard InChI is InChI=1S/C13H10N2O2S2/c16-12(10-3-1-5-17-10)14-7-9-8-19-13(15-9)11-4-2-6-18-11/h1-6,8H,7H2,(H,14,16). The average Bonchev–Trinajstić information content (AvgIpc) is 3.14. The molecule has 0 fully saturated rings. The van der Waals surface area contributed by atoms with Crippen LogP contribution >= 0.6 is 22.7 Å². The van der Waals surface area contributed by atoms with Crippen molar-refractivity contribution in [1.29, 1.82) is 0 Å². The highest BCUT2D eigenvalue weighted by Crippen LogP contribution is 2.27. The third kappa shape index (κ3) is 2.74. The summed E-state index contributed by atoms with van der Waals surface area (Å²) in [4.78, 5) is 17.3. The van der Waals surface area contributed by atoms with Crippen molar-refractivity contribution in [2.24, 2.45) is 0 Å². The fraction of sp³-hybridized carbons (Fsp3) is 0.0769. The largest absolute Gasteiger partial charge is 0.459 e. The van der Waals surface area contributed by atoms with Crippen LogP contribution in [0.3, 0.4) is 0 Å². The SMILES string of the molecule is O=C(NCc1csc(-c2cccs2)n1)c1ccco1. The Kier molecular flexibility index (Phi) is 3.43. The van der Waals surface area contributed by atoms with E-state index >= 15 is 0 Å². The molecule has 3 aromatic heterocycles. The van der Waals surface area contributed by atoms with Crippen LogP contribution in [0.5, 0.6) is 0 Å². The molecule has 19 heavy (non-hydrogen) atoms. The van der Waals surface area contributed by atoms with E-state index in [0.717, 1.165) is 15.6 Å². The third-order valence-corrected chi connectivity index (χ3v) is 4.39. The molecular weight excluding hydrogens is 280 g/mol. The number of carbonyl (C=O) groups excluding carboxylic acids is 1. The molecule has 3 heterocycles. The van der Waals surface area contributed by atoms with Crippen LogP contribution in [0.1, 0.15) is 16.2 Å². The van der Waals surface area contributed by atoms with Crippen LogP contribution in [0, 0.1) is 0 Å². The predicted octanol–water partition coefficient (Wildman–Crippen LogP) is 3.39. The molecule has 0 saturated carbocycles. The van der Waals surface area contributed by atoms with Crippen molar-refractivity contribution in [3.8, 4) is 9.88 Å². The number of hydrogen-bond donors (Lipinski definition) is 1. The minimum Gasteiger partial charge on any atom is -0.459 e. The van der Waals surface area contributed by atoms with Crippen molar-refractivity contribution in [3.05, 3.63) is 52.7 Å². The summed E-state index contributed by atoms with van der Waals surface area (Å²) >= 11 is 3.24. The van der Waals surface area contributed by atoms with Crippen molar-refractivity contribution < 1.29 is 9.21 Å². The Bertz CT molecular complexity index is 657. The summed E-state index contributed by atoms with van der Waals surface area (Å²) in [5.41, 5.74) is 0.855. The van der Waals surface area contributed by atoms with Gasteiger partial charge in [-0.1, -0.05) is 6.07 Å². The first-order valence-corrected chi connectivity index (χ1v) is 7.39. The zero-order chi connectivity index (χ0) is 13.1. The molecule has 0 saturated heterocycles. The maximum absolute atomic E-state index is 11.7. The monoisotopic (exact) mass is 290 g/mol. The van der Waals surface area contributed by atoms with Gasteiger partial charge in [0.1, 0.15) is 5.01 Å². The van der Waals surface area contributed by atoms with E-state index in [-0.39, 0.29) is 5.91 Å². The first-order valence-electron chi connectivity index (χ1n) is 5.63. The summed E-state index contributed by atoms with van der Waals surface area (Å²) in [5, 5.41) is 7.74. The number of furan rings is 1. The Labute approximate surface area is 117 Å². The van der Waals surface area contributed by atoms with E-state index in [1.54, 1.807) is 34.8 Å². The molecule has 96 valence electrons. The molecule has 3 aromatic rings. The fourth-order valence-corrected chi connectivity index (χ4v) is 3.20. The van der Waals surface area contributed by atoms with E-state index in [0.29, 0.717) is 12.3 Å². The molecule has 0 radical (unpaired) electrons. The molecular formula is C13H10N2O2S2. The van der Waals surface area contributed by atoms with Crippen LogP contribution in [0.25, 0.3) is 9.88 Å². The van der Waals surface area contributed by atoms with Crippen LogP contribution in [0.4, 0.5) is 0 Å². The molecule has 1 amide bonds. The average molecular weight is 290 g/mol. The number of aromatic nitrogens is 1. The summed E-state index contributed by atoms with van der Waals surface area (Å²) in [6, 6.07) is 7.36. The first kappa shape index (κ1) is 12.1. The number of thiazole rings is 1. The molecule has 6 heteroatoms. The van der Waals surface area contributed by atoms with Crippen LogP contribution in [0.2, 0.25) is 0 Å². The first-order chi connectivity index (χ1) is 9.33. The number of thiophene rings is 1. The van der Waals surface area contributed by atoms with E-state index in [2.05, 4.69) is 10.3 Å². The minimum atomic E-state index is -0.226. The van der Waals surface area contributed by atoms with Crippen molar-refractivity contribution in [3.63, 3.8) is 0 Å². The highest BCUT2D eigenvalue weighted by Gasteiger charge is 2.10. The lowest BCUT2D eigenvalue weighted by Crippen LogP contribution is -2.22. The van der Waals surface area contributed by atoms with E-state index in [1.807, 2.05) is 22.9 Å². The van der Waals surface area contributed by atoms with E-state index in [9.17, 15) is 4.79 Å². The predicted molar refractivity (Wildman–Crippen MR) is 75.3 cm³/mol. The molecule has 0 bridgehead atoms. The van der Waals surface area contributed by atoms with Crippen LogP contribution in [0.15, 0.2) is 45.7 Å². The Morgan fingerprint density at radius 3 is 3.00 bits per heavy atom. The van der Waals surface area contributed by atoms with E-state index < -0.39 is 0 Å². The highest BCUT2D eigenvalue weighted by atomic mass is 32.1. The summed E-state index contributed by atoms with van der Waals surface area (Å²) in [6.45, 7) is 0.404. The Morgan fingerprint density at radius 2 is 2.26 bits per heavy atom. The van der Waals surface area contributed by atoms with Crippen LogP contribution in [-0.2, 0) is 6.54 Å². The second-order valence-corrected chi connectivity index (χ2v) is 5.59. The molecule has 0 aliphatic rings. The summed E-state index contributed by atoms with van der Waals surface area (Å²) in [6.07, 6.45) is 1.48. The van der Waals surface area contributed by atoms with Gasteiger partial charge in [-0.25, -0.2) is 4.98 Å². The normalized spacial score (nSPS) is 10.5. The third-order valence-electron chi connectivity index (χ3n) is 2.46. The van der Waals surface area contributed by atoms with E-state index in [1.165, 1.54) is 6.26 Å². The lowest BCUT2D eigenvalue weighted by Gasteiger charge is -1.99. The molecule has 4 nitrogen and oxygen atoms in total. The van der Waals surface area contributed by atoms with Gasteiger partial charge in [0.25, 0.3) is 5.91 Å². The highest BCUT2D eigenvalue weighted by molar-refractivity contribution is 7.20. The van der Waals surface area contributed by atoms with Gasteiger partial charge in [0.05, 0.1) is 23.4 Å². The van der Waals surface area contributed by atoms with Crippen molar-refractivity contribution in [1.82, 2.24) is 10.3 Å². The minimum absolute atomic E-state index is 0.226. The van der Waals surface area contributed by atoms with Crippen molar-refractivity contribution in [2.75, 3.05) is 0 Å². The van der Waals surface area contributed by atoms with Gasteiger partial charge in [-0.05, 0) is 23.6 Å². The van der Waals surface area contributed by atoms with Crippen molar-refractivity contribution in [2.45, 2.75) is 6.54 Å². The molecule has 0 spiro atoms. The fourth-order valence-electron chi connectivity index (χ4n) is 1.57. The molecule has 0 aliphatic carbocycles. The number of nitrogens with one attached hydrogen (secondary N) is 1. The van der Waals surface area contributed by atoms with Gasteiger partial charge in [0, 0.05) is 5.38 Å². The van der Waals surface area contributed by atoms with E-state index in [4.69, 9.17) is 4.42 Å². The molecule has 0 atom stereocenters. The zero-order valence-electron chi connectivity index (χ0n) is 9.83. The van der Waals surface area contributed by atoms with Gasteiger partial charge < -0.3 is 9.73 Å². The second-order valence-electron chi connectivity index (χ2n) is 3.78. The summed E-state index contributed by atoms with van der Waals surface area (Å²) in [7, 11) is 0. The number of carbonyl (C=O) groups is 1. The summed E-state index contributed by atoms with van der Waals surface area (Å²) < 4.78 is 5.02. The molecule has 1 N–H and O–H groups in total. The summed E-state index contributed by atoms with van der Waals surface area (Å²) in [5.74, 6) is 0.0874. The molecule has 0 aromatic carbocycles. The number of nitrogens with zero attached hydrogens (tertiary/aromatic N) is 1. The quantitative estimate of drug-likeness (QED) is 0.801. The Hall–Kier alpha value is -1.92. The van der Waals surface area contributed by atoms with Gasteiger partial charge in [-0.2, -0.15) is 0 Å². The van der Waals surface area contributed by atoms with Gasteiger partial charge in [-0.3, -0.25) is 4.79 Å². The number of hydrogen-bond acceptors (Lipinski definition) is 5. The van der Waals surface area contributed by atoms with Crippen LogP contribution < -0.4 is 5.32 Å². The molecule has 3 rings (SSSR count). The van der Waals surface area contributed by atoms with Crippen molar-refractivity contribution >= 4 is 28.6 Å². The number of rotatable bonds is 4. The lowest BCUT2D eigenvalue weighted by molar-refractivity contribution is 0.0922. The van der Waals surface area contributed by atoms with Gasteiger partial charge >= 0.3 is 0 Å². The topological polar surface area (TPSA) is 55.1 Å². The molecule has 0 unspecified atom stereocenters.